The first-order valence-corrected chi connectivity index (χ1v) is 9.63. The molecule has 0 N–H and O–H groups in total. The van der Waals surface area contributed by atoms with Gasteiger partial charge in [0.15, 0.2) is 0 Å². The summed E-state index contributed by atoms with van der Waals surface area (Å²) in [5, 5.41) is 1.08. The van der Waals surface area contributed by atoms with Crippen LogP contribution in [0.3, 0.4) is 0 Å². The summed E-state index contributed by atoms with van der Waals surface area (Å²) in [6.45, 7) is 1.33. The van der Waals surface area contributed by atoms with Crippen LogP contribution in [0.2, 0.25) is 4.34 Å². The van der Waals surface area contributed by atoms with Crippen molar-refractivity contribution in [2.24, 2.45) is 0 Å². The van der Waals surface area contributed by atoms with Gasteiger partial charge >= 0.3 is 6.03 Å². The lowest BCUT2D eigenvalue weighted by Crippen LogP contribution is -2.32. The van der Waals surface area contributed by atoms with Crippen LogP contribution in [0.5, 0.6) is 0 Å². The highest BCUT2D eigenvalue weighted by Crippen LogP contribution is 2.44. The molecular weight excluding hydrogens is 354 g/mol. The number of carbonyl (C=O) groups excluding carboxylic acids is 1. The highest BCUT2D eigenvalue weighted by Gasteiger charge is 2.35. The molecular formula is C19H16ClN3OS. The predicted molar refractivity (Wildman–Crippen MR) is 103 cm³/mol. The summed E-state index contributed by atoms with van der Waals surface area (Å²) in [5.74, 6) is 1.40. The number of carbonyl (C=O) groups is 1. The summed E-state index contributed by atoms with van der Waals surface area (Å²) >= 11 is 7.66. The third-order valence-corrected chi connectivity index (χ3v) is 6.13. The van der Waals surface area contributed by atoms with Crippen molar-refractivity contribution in [3.63, 3.8) is 0 Å². The molecule has 0 unspecified atom stereocenters. The van der Waals surface area contributed by atoms with Crippen LogP contribution in [0.1, 0.15) is 24.3 Å². The van der Waals surface area contributed by atoms with Gasteiger partial charge in [0.05, 0.1) is 4.34 Å². The number of benzene rings is 1. The second-order valence-electron chi connectivity index (χ2n) is 6.55. The normalized spacial score (nSPS) is 17.7. The SMILES string of the molecule is O=C1N(c2ccc3sc(Cl)cc3c2)CCN1c1ncccc1C1CC1. The molecule has 2 aromatic heterocycles. The number of fused-ring (bicyclic) bond motifs is 1. The topological polar surface area (TPSA) is 36.4 Å². The lowest BCUT2D eigenvalue weighted by molar-refractivity contribution is 0.255. The lowest BCUT2D eigenvalue weighted by atomic mass is 10.1. The maximum Gasteiger partial charge on any atom is 0.330 e. The quantitative estimate of drug-likeness (QED) is 0.630. The third kappa shape index (κ3) is 2.58. The molecule has 3 aromatic rings. The second-order valence-corrected chi connectivity index (χ2v) is 8.26. The van der Waals surface area contributed by atoms with E-state index in [0.29, 0.717) is 19.0 Å². The Bertz CT molecular complexity index is 982. The molecule has 25 heavy (non-hydrogen) atoms. The maximum absolute atomic E-state index is 13.0. The van der Waals surface area contributed by atoms with Crippen molar-refractivity contribution >= 4 is 50.6 Å². The van der Waals surface area contributed by atoms with Crippen LogP contribution in [0.4, 0.5) is 16.3 Å². The van der Waals surface area contributed by atoms with Crippen LogP contribution < -0.4 is 9.80 Å². The number of rotatable bonds is 3. The molecule has 1 aliphatic heterocycles. The van der Waals surface area contributed by atoms with Gasteiger partial charge in [-0.3, -0.25) is 9.80 Å². The molecule has 1 aromatic carbocycles. The first-order valence-electron chi connectivity index (χ1n) is 8.44. The van der Waals surface area contributed by atoms with Gasteiger partial charge in [-0.25, -0.2) is 9.78 Å². The van der Waals surface area contributed by atoms with Crippen LogP contribution >= 0.6 is 22.9 Å². The van der Waals surface area contributed by atoms with E-state index in [1.807, 2.05) is 40.1 Å². The van der Waals surface area contributed by atoms with Gasteiger partial charge in [-0.15, -0.1) is 11.3 Å². The van der Waals surface area contributed by atoms with E-state index in [-0.39, 0.29) is 6.03 Å². The van der Waals surface area contributed by atoms with Gasteiger partial charge in [0, 0.05) is 29.7 Å². The minimum atomic E-state index is 0.00118. The number of nitrogens with zero attached hydrogens (tertiary/aromatic N) is 3. The van der Waals surface area contributed by atoms with Crippen LogP contribution in [-0.2, 0) is 0 Å². The molecule has 2 amide bonds. The van der Waals surface area contributed by atoms with Crippen LogP contribution in [0.15, 0.2) is 42.6 Å². The fourth-order valence-corrected chi connectivity index (χ4v) is 4.62. The van der Waals surface area contributed by atoms with E-state index in [0.717, 1.165) is 25.9 Å². The zero-order valence-electron chi connectivity index (χ0n) is 13.5. The van der Waals surface area contributed by atoms with Crippen molar-refractivity contribution < 1.29 is 4.79 Å². The summed E-state index contributed by atoms with van der Waals surface area (Å²) < 4.78 is 1.90. The van der Waals surface area contributed by atoms with Crippen molar-refractivity contribution in [3.8, 4) is 0 Å². The Morgan fingerprint density at radius 3 is 2.80 bits per heavy atom. The average molecular weight is 370 g/mol. The number of halogens is 1. The molecule has 2 aliphatic rings. The molecule has 1 saturated heterocycles. The van der Waals surface area contributed by atoms with E-state index < -0.39 is 0 Å². The number of aromatic nitrogens is 1. The average Bonchev–Trinajstić information content (AvgIpc) is 3.29. The zero-order chi connectivity index (χ0) is 17.0. The Kier molecular flexibility index (Phi) is 3.47. The van der Waals surface area contributed by atoms with Gasteiger partial charge in [0.1, 0.15) is 5.82 Å². The molecule has 0 atom stereocenters. The van der Waals surface area contributed by atoms with Crippen LogP contribution in [-0.4, -0.2) is 24.1 Å². The summed E-state index contributed by atoms with van der Waals surface area (Å²) in [5.41, 5.74) is 2.12. The van der Waals surface area contributed by atoms with Crippen molar-refractivity contribution in [1.82, 2.24) is 4.98 Å². The Balaban J connectivity index is 1.48. The summed E-state index contributed by atoms with van der Waals surface area (Å²) in [7, 11) is 0. The molecule has 3 heterocycles. The minimum absolute atomic E-state index is 0.00118. The maximum atomic E-state index is 13.0. The summed E-state index contributed by atoms with van der Waals surface area (Å²) in [6, 6.07) is 12.1. The number of hydrogen-bond acceptors (Lipinski definition) is 3. The molecule has 4 nitrogen and oxygen atoms in total. The molecule has 0 spiro atoms. The predicted octanol–water partition coefficient (Wildman–Crippen LogP) is 5.27. The van der Waals surface area contributed by atoms with E-state index in [1.165, 1.54) is 18.4 Å². The van der Waals surface area contributed by atoms with Gasteiger partial charge in [0.25, 0.3) is 0 Å². The highest BCUT2D eigenvalue weighted by molar-refractivity contribution is 7.22. The van der Waals surface area contributed by atoms with E-state index >= 15 is 0 Å². The van der Waals surface area contributed by atoms with Gasteiger partial charge in [-0.05, 0) is 60.0 Å². The number of amides is 2. The first-order chi connectivity index (χ1) is 12.2. The molecule has 2 fully saturated rings. The standard InChI is InChI=1S/C19H16ClN3OS/c20-17-11-13-10-14(5-6-16(13)25-17)22-8-9-23(19(22)24)18-15(12-3-4-12)2-1-7-21-18/h1-2,5-7,10-12H,3-4,8-9H2. The van der Waals surface area contributed by atoms with Gasteiger partial charge in [0.2, 0.25) is 0 Å². The number of anilines is 2. The second kappa shape index (κ2) is 5.71. The number of thiophene rings is 1. The number of pyridine rings is 1. The fraction of sp³-hybridized carbons (Fsp3) is 0.263. The smallest absolute Gasteiger partial charge is 0.292 e. The van der Waals surface area contributed by atoms with E-state index in [9.17, 15) is 4.79 Å². The fourth-order valence-electron chi connectivity index (χ4n) is 3.49. The first kappa shape index (κ1) is 15.2. The Labute approximate surface area is 154 Å². The van der Waals surface area contributed by atoms with E-state index in [2.05, 4.69) is 11.1 Å². The van der Waals surface area contributed by atoms with E-state index in [4.69, 9.17) is 11.6 Å². The molecule has 1 aliphatic carbocycles. The highest BCUT2D eigenvalue weighted by atomic mass is 35.5. The Morgan fingerprint density at radius 2 is 1.96 bits per heavy atom. The molecule has 0 radical (unpaired) electrons. The van der Waals surface area contributed by atoms with Crippen molar-refractivity contribution in [2.75, 3.05) is 22.9 Å². The van der Waals surface area contributed by atoms with Crippen LogP contribution in [0, 0.1) is 0 Å². The van der Waals surface area contributed by atoms with Crippen molar-refractivity contribution in [2.45, 2.75) is 18.8 Å². The minimum Gasteiger partial charge on any atom is -0.292 e. The van der Waals surface area contributed by atoms with Gasteiger partial charge in [-0.1, -0.05) is 17.7 Å². The molecule has 126 valence electrons. The zero-order valence-corrected chi connectivity index (χ0v) is 15.1. The number of urea groups is 1. The van der Waals surface area contributed by atoms with Crippen LogP contribution in [0.25, 0.3) is 10.1 Å². The molecule has 0 bridgehead atoms. The van der Waals surface area contributed by atoms with Gasteiger partial charge < -0.3 is 0 Å². The Morgan fingerprint density at radius 1 is 1.12 bits per heavy atom. The monoisotopic (exact) mass is 369 g/mol. The summed E-state index contributed by atoms with van der Waals surface area (Å²) in [4.78, 5) is 21.2. The lowest BCUT2D eigenvalue weighted by Gasteiger charge is -2.20. The molecule has 1 saturated carbocycles. The van der Waals surface area contributed by atoms with Crippen molar-refractivity contribution in [3.05, 3.63) is 52.5 Å². The molecule has 5 rings (SSSR count). The van der Waals surface area contributed by atoms with Crippen molar-refractivity contribution in [1.29, 1.82) is 0 Å². The Hall–Kier alpha value is -2.11. The summed E-state index contributed by atoms with van der Waals surface area (Å²) in [6.07, 6.45) is 4.16. The number of hydrogen-bond donors (Lipinski definition) is 0. The molecule has 6 heteroatoms. The largest absolute Gasteiger partial charge is 0.330 e. The third-order valence-electron chi connectivity index (χ3n) is 4.88. The van der Waals surface area contributed by atoms with Gasteiger partial charge in [-0.2, -0.15) is 0 Å². The van der Waals surface area contributed by atoms with E-state index in [1.54, 1.807) is 17.5 Å².